The van der Waals surface area contributed by atoms with E-state index in [2.05, 4.69) is 37.2 Å². The molecule has 128 valence electrons. The molecule has 0 aromatic heterocycles. The highest BCUT2D eigenvalue weighted by Gasteiger charge is 2.28. The summed E-state index contributed by atoms with van der Waals surface area (Å²) < 4.78 is 0.372. The first-order valence-electron chi connectivity index (χ1n) is 8.98. The Labute approximate surface area is 141 Å². The molecule has 0 spiro atoms. The number of carbonyl (C=O) groups is 1. The number of nitrogens with one attached hydrogen (secondary N) is 1. The quantitative estimate of drug-likeness (QED) is 0.738. The van der Waals surface area contributed by atoms with Crippen LogP contribution >= 0.6 is 11.8 Å². The van der Waals surface area contributed by atoms with E-state index in [9.17, 15) is 4.79 Å². The SMILES string of the molecule is CSC(C)(C)C[C@H](C)N1CCC(CCC(=O)NC2CC2)CC1. The van der Waals surface area contributed by atoms with E-state index in [4.69, 9.17) is 0 Å². The molecule has 0 aromatic rings. The first-order chi connectivity index (χ1) is 10.4. The fraction of sp³-hybridized carbons (Fsp3) is 0.944. The molecule has 2 fully saturated rings. The Kier molecular flexibility index (Phi) is 6.63. The molecule has 1 aliphatic carbocycles. The number of likely N-dealkylation sites (tertiary alicyclic amines) is 1. The highest BCUT2D eigenvalue weighted by atomic mass is 32.2. The number of hydrogen-bond donors (Lipinski definition) is 1. The van der Waals surface area contributed by atoms with E-state index in [1.54, 1.807) is 0 Å². The van der Waals surface area contributed by atoms with Gasteiger partial charge in [-0.05, 0) is 70.7 Å². The first-order valence-corrected chi connectivity index (χ1v) is 10.2. The maximum atomic E-state index is 11.8. The second kappa shape index (κ2) is 8.05. The molecule has 0 radical (unpaired) electrons. The van der Waals surface area contributed by atoms with E-state index in [0.29, 0.717) is 16.8 Å². The van der Waals surface area contributed by atoms with Gasteiger partial charge in [-0.3, -0.25) is 4.79 Å². The average Bonchev–Trinajstić information content (AvgIpc) is 3.29. The van der Waals surface area contributed by atoms with Crippen LogP contribution in [0.15, 0.2) is 0 Å². The van der Waals surface area contributed by atoms with Crippen LogP contribution in [-0.2, 0) is 4.79 Å². The van der Waals surface area contributed by atoms with Gasteiger partial charge in [-0.2, -0.15) is 11.8 Å². The van der Waals surface area contributed by atoms with Gasteiger partial charge in [0, 0.05) is 23.3 Å². The van der Waals surface area contributed by atoms with Gasteiger partial charge in [-0.15, -0.1) is 0 Å². The summed E-state index contributed by atoms with van der Waals surface area (Å²) >= 11 is 1.97. The smallest absolute Gasteiger partial charge is 0.220 e. The van der Waals surface area contributed by atoms with Crippen molar-refractivity contribution in [2.75, 3.05) is 19.3 Å². The second-order valence-corrected chi connectivity index (χ2v) is 9.39. The van der Waals surface area contributed by atoms with E-state index in [0.717, 1.165) is 18.8 Å². The Morgan fingerprint density at radius 1 is 1.27 bits per heavy atom. The molecule has 0 aromatic carbocycles. The van der Waals surface area contributed by atoms with Gasteiger partial charge in [0.1, 0.15) is 0 Å². The number of amides is 1. The number of piperidine rings is 1. The van der Waals surface area contributed by atoms with Gasteiger partial charge < -0.3 is 10.2 Å². The Balaban J connectivity index is 1.63. The summed E-state index contributed by atoms with van der Waals surface area (Å²) in [5.74, 6) is 1.03. The third-order valence-corrected chi connectivity index (χ3v) is 6.61. The Morgan fingerprint density at radius 3 is 2.45 bits per heavy atom. The summed E-state index contributed by atoms with van der Waals surface area (Å²) in [7, 11) is 0. The molecule has 2 rings (SSSR count). The molecule has 22 heavy (non-hydrogen) atoms. The van der Waals surface area contributed by atoms with Gasteiger partial charge in [0.2, 0.25) is 5.91 Å². The third kappa shape index (κ3) is 6.11. The summed E-state index contributed by atoms with van der Waals surface area (Å²) in [6.07, 6.45) is 10.2. The van der Waals surface area contributed by atoms with E-state index < -0.39 is 0 Å². The zero-order valence-corrected chi connectivity index (χ0v) is 15.7. The largest absolute Gasteiger partial charge is 0.353 e. The summed E-state index contributed by atoms with van der Waals surface area (Å²) in [5.41, 5.74) is 0. The van der Waals surface area contributed by atoms with Crippen LogP contribution in [0.1, 0.15) is 65.7 Å². The Bertz CT molecular complexity index is 360. The van der Waals surface area contributed by atoms with E-state index in [-0.39, 0.29) is 5.91 Å². The molecule has 1 saturated carbocycles. The zero-order valence-electron chi connectivity index (χ0n) is 14.9. The third-order valence-electron chi connectivity index (χ3n) is 5.33. The molecule has 2 aliphatic rings. The number of thioether (sulfide) groups is 1. The van der Waals surface area contributed by atoms with Gasteiger partial charge in [0.05, 0.1) is 0 Å². The summed E-state index contributed by atoms with van der Waals surface area (Å²) in [6.45, 7) is 9.49. The molecule has 3 nitrogen and oxygen atoms in total. The van der Waals surface area contributed by atoms with Gasteiger partial charge in [-0.25, -0.2) is 0 Å². The summed E-state index contributed by atoms with van der Waals surface area (Å²) in [4.78, 5) is 14.4. The topological polar surface area (TPSA) is 32.3 Å². The van der Waals surface area contributed by atoms with Crippen LogP contribution in [0.25, 0.3) is 0 Å². The maximum absolute atomic E-state index is 11.8. The summed E-state index contributed by atoms with van der Waals surface area (Å²) in [6, 6.07) is 1.18. The molecule has 4 heteroatoms. The molecule has 1 N–H and O–H groups in total. The van der Waals surface area contributed by atoms with Crippen LogP contribution in [-0.4, -0.2) is 47.0 Å². The van der Waals surface area contributed by atoms with Crippen molar-refractivity contribution < 1.29 is 4.79 Å². The van der Waals surface area contributed by atoms with Crippen molar-refractivity contribution in [2.45, 2.75) is 82.5 Å². The molecule has 1 heterocycles. The number of carbonyl (C=O) groups excluding carboxylic acids is 1. The van der Waals surface area contributed by atoms with Crippen molar-refractivity contribution in [2.24, 2.45) is 5.92 Å². The van der Waals surface area contributed by atoms with Crippen molar-refractivity contribution in [1.82, 2.24) is 10.2 Å². The molecule has 1 atom stereocenters. The van der Waals surface area contributed by atoms with Crippen LogP contribution in [0.3, 0.4) is 0 Å². The minimum Gasteiger partial charge on any atom is -0.353 e. The number of rotatable bonds is 8. The van der Waals surface area contributed by atoms with Crippen molar-refractivity contribution >= 4 is 17.7 Å². The fourth-order valence-corrected chi connectivity index (χ4v) is 3.88. The van der Waals surface area contributed by atoms with Gasteiger partial charge in [0.15, 0.2) is 0 Å². The predicted molar refractivity (Wildman–Crippen MR) is 96.4 cm³/mol. The minimum absolute atomic E-state index is 0.278. The average molecular weight is 327 g/mol. The maximum Gasteiger partial charge on any atom is 0.220 e. The molecule has 1 saturated heterocycles. The predicted octanol–water partition coefficient (Wildman–Crippen LogP) is 3.68. The molecule has 1 aliphatic heterocycles. The van der Waals surface area contributed by atoms with Crippen molar-refractivity contribution in [1.29, 1.82) is 0 Å². The number of nitrogens with zero attached hydrogens (tertiary/aromatic N) is 1. The van der Waals surface area contributed by atoms with Crippen molar-refractivity contribution in [3.8, 4) is 0 Å². The first kappa shape index (κ1) is 18.1. The van der Waals surface area contributed by atoms with E-state index >= 15 is 0 Å². The monoisotopic (exact) mass is 326 g/mol. The summed E-state index contributed by atoms with van der Waals surface area (Å²) in [5, 5.41) is 3.10. The standard InChI is InChI=1S/C18H34N2OS/c1-14(13-18(2,3)22-4)20-11-9-15(10-12-20)5-8-17(21)19-16-6-7-16/h14-16H,5-13H2,1-4H3,(H,19,21)/t14-/m0/s1. The molecule has 0 bridgehead atoms. The molecule has 0 unspecified atom stereocenters. The molecule has 1 amide bonds. The number of hydrogen-bond acceptors (Lipinski definition) is 3. The zero-order chi connectivity index (χ0) is 16.2. The van der Waals surface area contributed by atoms with Gasteiger partial charge in [-0.1, -0.05) is 13.8 Å². The normalized spacial score (nSPS) is 22.5. The Hall–Kier alpha value is -0.220. The van der Waals surface area contributed by atoms with Crippen LogP contribution < -0.4 is 5.32 Å². The lowest BCUT2D eigenvalue weighted by atomic mass is 9.90. The minimum atomic E-state index is 0.278. The molecular weight excluding hydrogens is 292 g/mol. The lowest BCUT2D eigenvalue weighted by Gasteiger charge is -2.39. The Morgan fingerprint density at radius 2 is 1.91 bits per heavy atom. The van der Waals surface area contributed by atoms with Crippen LogP contribution in [0.2, 0.25) is 0 Å². The lowest BCUT2D eigenvalue weighted by Crippen LogP contribution is -2.42. The van der Waals surface area contributed by atoms with E-state index in [1.807, 2.05) is 11.8 Å². The molecular formula is C18H34N2OS. The van der Waals surface area contributed by atoms with Crippen molar-refractivity contribution in [3.05, 3.63) is 0 Å². The van der Waals surface area contributed by atoms with Crippen LogP contribution in [0.4, 0.5) is 0 Å². The van der Waals surface area contributed by atoms with E-state index in [1.165, 1.54) is 45.2 Å². The van der Waals surface area contributed by atoms with Crippen LogP contribution in [0, 0.1) is 5.92 Å². The lowest BCUT2D eigenvalue weighted by molar-refractivity contribution is -0.121. The van der Waals surface area contributed by atoms with Crippen molar-refractivity contribution in [3.63, 3.8) is 0 Å². The second-order valence-electron chi connectivity index (χ2n) is 7.88. The highest BCUT2D eigenvalue weighted by Crippen LogP contribution is 2.30. The van der Waals surface area contributed by atoms with Gasteiger partial charge in [0.25, 0.3) is 0 Å². The van der Waals surface area contributed by atoms with Gasteiger partial charge >= 0.3 is 0 Å². The fourth-order valence-electron chi connectivity index (χ4n) is 3.47. The highest BCUT2D eigenvalue weighted by molar-refractivity contribution is 7.99. The van der Waals surface area contributed by atoms with Crippen LogP contribution in [0.5, 0.6) is 0 Å².